The molecule has 4 rings (SSSR count). The number of amides is 1. The van der Waals surface area contributed by atoms with Crippen molar-refractivity contribution in [2.45, 2.75) is 18.9 Å². The van der Waals surface area contributed by atoms with Crippen LogP contribution >= 0.6 is 0 Å². The Kier molecular flexibility index (Phi) is 6.05. The number of benzene rings is 3. The van der Waals surface area contributed by atoms with Crippen molar-refractivity contribution in [1.82, 2.24) is 4.90 Å². The molecule has 0 spiro atoms. The molecular formula is C26H25NO3. The Balaban J connectivity index is 1.47. The molecule has 1 aliphatic rings. The number of carbonyl (C=O) groups excluding carboxylic acids is 2. The molecule has 1 N–H and O–H groups in total. The van der Waals surface area contributed by atoms with E-state index in [1.807, 2.05) is 48.5 Å². The van der Waals surface area contributed by atoms with Crippen LogP contribution in [0.4, 0.5) is 0 Å². The second-order valence-corrected chi connectivity index (χ2v) is 7.73. The van der Waals surface area contributed by atoms with E-state index in [0.717, 1.165) is 18.4 Å². The maximum Gasteiger partial charge on any atom is 0.254 e. The first kappa shape index (κ1) is 20.0. The third-order valence-corrected chi connectivity index (χ3v) is 5.85. The minimum Gasteiger partial charge on any atom is -0.388 e. The Hall–Kier alpha value is -3.24. The van der Waals surface area contributed by atoms with Crippen molar-refractivity contribution >= 4 is 11.7 Å². The van der Waals surface area contributed by atoms with Gasteiger partial charge >= 0.3 is 0 Å². The molecule has 152 valence electrons. The normalized spacial score (nSPS) is 15.6. The Morgan fingerprint density at radius 2 is 1.30 bits per heavy atom. The van der Waals surface area contributed by atoms with E-state index in [2.05, 4.69) is 0 Å². The van der Waals surface area contributed by atoms with Crippen LogP contribution in [0.15, 0.2) is 84.9 Å². The fourth-order valence-electron chi connectivity index (χ4n) is 4.12. The molecule has 0 aliphatic carbocycles. The maximum absolute atomic E-state index is 13.2. The lowest BCUT2D eigenvalue weighted by atomic mass is 9.87. The lowest BCUT2D eigenvalue weighted by Crippen LogP contribution is -2.40. The van der Waals surface area contributed by atoms with E-state index in [9.17, 15) is 14.7 Å². The van der Waals surface area contributed by atoms with Crippen molar-refractivity contribution in [2.24, 2.45) is 5.92 Å². The first-order valence-electron chi connectivity index (χ1n) is 10.4. The van der Waals surface area contributed by atoms with Gasteiger partial charge in [0.05, 0.1) is 11.7 Å². The molecule has 1 fully saturated rings. The number of aliphatic hydroxyl groups excluding tert-OH is 1. The lowest BCUT2D eigenvalue weighted by molar-refractivity contribution is 0.0461. The number of likely N-dealkylation sites (tertiary alicyclic amines) is 1. The molecule has 0 radical (unpaired) electrons. The van der Waals surface area contributed by atoms with Crippen molar-refractivity contribution in [3.63, 3.8) is 0 Å². The molecule has 1 aliphatic heterocycles. The smallest absolute Gasteiger partial charge is 0.254 e. The molecule has 1 saturated heterocycles. The van der Waals surface area contributed by atoms with Gasteiger partial charge in [-0.05, 0) is 30.4 Å². The molecule has 1 heterocycles. The number of carbonyl (C=O) groups is 2. The number of piperidine rings is 1. The van der Waals surface area contributed by atoms with Crippen molar-refractivity contribution in [2.75, 3.05) is 13.1 Å². The fourth-order valence-corrected chi connectivity index (χ4v) is 4.12. The van der Waals surface area contributed by atoms with E-state index < -0.39 is 6.10 Å². The van der Waals surface area contributed by atoms with Gasteiger partial charge in [-0.1, -0.05) is 78.9 Å². The van der Waals surface area contributed by atoms with E-state index in [1.54, 1.807) is 41.3 Å². The fraction of sp³-hybridized carbons (Fsp3) is 0.231. The average molecular weight is 399 g/mol. The molecule has 1 amide bonds. The molecular weight excluding hydrogens is 374 g/mol. The van der Waals surface area contributed by atoms with Crippen LogP contribution in [0, 0.1) is 5.92 Å². The Morgan fingerprint density at radius 1 is 0.767 bits per heavy atom. The number of ketones is 1. The van der Waals surface area contributed by atoms with Gasteiger partial charge in [-0.2, -0.15) is 0 Å². The molecule has 3 aromatic rings. The van der Waals surface area contributed by atoms with Crippen molar-refractivity contribution < 1.29 is 14.7 Å². The van der Waals surface area contributed by atoms with Gasteiger partial charge in [0.25, 0.3) is 5.91 Å². The summed E-state index contributed by atoms with van der Waals surface area (Å²) in [5.41, 5.74) is 2.36. The largest absolute Gasteiger partial charge is 0.388 e. The van der Waals surface area contributed by atoms with Gasteiger partial charge in [-0.25, -0.2) is 0 Å². The van der Waals surface area contributed by atoms with Gasteiger partial charge < -0.3 is 10.0 Å². The van der Waals surface area contributed by atoms with Crippen LogP contribution in [0.3, 0.4) is 0 Å². The second kappa shape index (κ2) is 9.06. The lowest BCUT2D eigenvalue weighted by Gasteiger charge is -2.34. The van der Waals surface area contributed by atoms with Crippen LogP contribution in [0.1, 0.15) is 50.8 Å². The maximum atomic E-state index is 13.2. The van der Waals surface area contributed by atoms with Crippen LogP contribution in [0.2, 0.25) is 0 Å². The summed E-state index contributed by atoms with van der Waals surface area (Å²) in [5, 5.41) is 10.7. The molecule has 30 heavy (non-hydrogen) atoms. The number of aliphatic hydroxyl groups is 1. The quantitative estimate of drug-likeness (QED) is 0.643. The van der Waals surface area contributed by atoms with Crippen molar-refractivity contribution in [3.05, 3.63) is 107 Å². The number of hydrogen-bond donors (Lipinski definition) is 1. The summed E-state index contributed by atoms with van der Waals surface area (Å²) in [6, 6.07) is 25.7. The first-order chi connectivity index (χ1) is 14.6. The third-order valence-electron chi connectivity index (χ3n) is 5.85. The predicted molar refractivity (Wildman–Crippen MR) is 116 cm³/mol. The van der Waals surface area contributed by atoms with Crippen LogP contribution in [0.5, 0.6) is 0 Å². The number of nitrogens with zero attached hydrogens (tertiary/aromatic N) is 1. The summed E-state index contributed by atoms with van der Waals surface area (Å²) in [6.07, 6.45) is 0.947. The minimum atomic E-state index is -0.518. The number of hydrogen-bond acceptors (Lipinski definition) is 3. The number of rotatable bonds is 5. The highest BCUT2D eigenvalue weighted by Crippen LogP contribution is 2.31. The van der Waals surface area contributed by atoms with Gasteiger partial charge in [-0.3, -0.25) is 9.59 Å². The average Bonchev–Trinajstić information content (AvgIpc) is 2.84. The topological polar surface area (TPSA) is 57.6 Å². The summed E-state index contributed by atoms with van der Waals surface area (Å²) in [4.78, 5) is 28.0. The molecule has 4 heteroatoms. The van der Waals surface area contributed by atoms with E-state index in [-0.39, 0.29) is 17.6 Å². The predicted octanol–water partition coefficient (Wildman–Crippen LogP) is 4.50. The van der Waals surface area contributed by atoms with Gasteiger partial charge in [0, 0.05) is 24.2 Å². The highest BCUT2D eigenvalue weighted by molar-refractivity contribution is 6.15. The Bertz CT molecular complexity index is 1010. The zero-order valence-corrected chi connectivity index (χ0v) is 16.8. The van der Waals surface area contributed by atoms with Gasteiger partial charge in [0.2, 0.25) is 0 Å². The summed E-state index contributed by atoms with van der Waals surface area (Å²) in [5.74, 6) is -0.144. The third kappa shape index (κ3) is 4.19. The summed E-state index contributed by atoms with van der Waals surface area (Å²) in [7, 11) is 0. The zero-order valence-electron chi connectivity index (χ0n) is 16.8. The van der Waals surface area contributed by atoms with Crippen molar-refractivity contribution in [3.8, 4) is 0 Å². The molecule has 1 unspecified atom stereocenters. The highest BCUT2D eigenvalue weighted by atomic mass is 16.3. The van der Waals surface area contributed by atoms with E-state index in [1.165, 1.54) is 0 Å². The second-order valence-electron chi connectivity index (χ2n) is 7.73. The molecule has 1 atom stereocenters. The van der Waals surface area contributed by atoms with Gasteiger partial charge in [0.15, 0.2) is 5.78 Å². The zero-order chi connectivity index (χ0) is 20.9. The van der Waals surface area contributed by atoms with Gasteiger partial charge in [-0.15, -0.1) is 0 Å². The standard InChI is InChI=1S/C26H25NO3/c28-24(19-9-3-1-4-10-19)21-15-17-27(18-16-21)26(30)23-14-8-7-13-22(23)25(29)20-11-5-2-6-12-20/h1-14,21,24,28H,15-18H2. The van der Waals surface area contributed by atoms with Crippen LogP contribution in [-0.4, -0.2) is 34.8 Å². The first-order valence-corrected chi connectivity index (χ1v) is 10.4. The molecule has 0 saturated carbocycles. The highest BCUT2D eigenvalue weighted by Gasteiger charge is 2.30. The van der Waals surface area contributed by atoms with Crippen LogP contribution in [0.25, 0.3) is 0 Å². The summed E-state index contributed by atoms with van der Waals surface area (Å²) >= 11 is 0. The SMILES string of the molecule is O=C(c1ccccc1)c1ccccc1C(=O)N1CCC(C(O)c2ccccc2)CC1. The van der Waals surface area contributed by atoms with E-state index in [0.29, 0.717) is 29.8 Å². The molecule has 0 aromatic heterocycles. The molecule has 3 aromatic carbocycles. The Morgan fingerprint density at radius 3 is 1.93 bits per heavy atom. The van der Waals surface area contributed by atoms with Crippen LogP contribution < -0.4 is 0 Å². The minimum absolute atomic E-state index is 0.123. The summed E-state index contributed by atoms with van der Waals surface area (Å²) < 4.78 is 0. The monoisotopic (exact) mass is 399 g/mol. The van der Waals surface area contributed by atoms with E-state index >= 15 is 0 Å². The Labute approximate surface area is 176 Å². The molecule has 0 bridgehead atoms. The summed E-state index contributed by atoms with van der Waals surface area (Å²) in [6.45, 7) is 1.14. The van der Waals surface area contributed by atoms with E-state index in [4.69, 9.17) is 0 Å². The van der Waals surface area contributed by atoms with Gasteiger partial charge in [0.1, 0.15) is 0 Å². The van der Waals surface area contributed by atoms with Crippen molar-refractivity contribution in [1.29, 1.82) is 0 Å². The van der Waals surface area contributed by atoms with Crippen LogP contribution in [-0.2, 0) is 0 Å². The molecule has 4 nitrogen and oxygen atoms in total.